The number of hydrogen-bond donors (Lipinski definition) is 0. The lowest BCUT2D eigenvalue weighted by Crippen LogP contribution is -1.93. The Balaban J connectivity index is 1.21. The van der Waals surface area contributed by atoms with Gasteiger partial charge in [-0.25, -0.2) is 0 Å². The fourth-order valence-corrected chi connectivity index (χ4v) is 9.69. The molecule has 2 nitrogen and oxygen atoms in total. The van der Waals surface area contributed by atoms with E-state index in [2.05, 4.69) is 182 Å². The Morgan fingerprint density at radius 1 is 0.250 bits per heavy atom. The Kier molecular flexibility index (Phi) is 5.92. The first-order chi connectivity index (χ1) is 27.8. The maximum absolute atomic E-state index is 7.08. The van der Waals surface area contributed by atoms with Gasteiger partial charge < -0.3 is 8.83 Å². The molecule has 2 heteroatoms. The summed E-state index contributed by atoms with van der Waals surface area (Å²) in [5, 5.41) is 18.6. The van der Waals surface area contributed by atoms with Gasteiger partial charge in [-0.2, -0.15) is 0 Å². The molecule has 0 N–H and O–H groups in total. The molecule has 0 spiro atoms. The van der Waals surface area contributed by atoms with Crippen molar-refractivity contribution in [3.05, 3.63) is 182 Å². The van der Waals surface area contributed by atoms with Crippen molar-refractivity contribution in [2.24, 2.45) is 0 Å². The summed E-state index contributed by atoms with van der Waals surface area (Å²) in [5.41, 5.74) is 8.29. The van der Waals surface area contributed by atoms with Crippen LogP contribution in [0.3, 0.4) is 0 Å². The molecule has 13 aromatic rings. The van der Waals surface area contributed by atoms with Crippen molar-refractivity contribution in [2.45, 2.75) is 0 Å². The van der Waals surface area contributed by atoms with Gasteiger partial charge in [0.25, 0.3) is 0 Å². The van der Waals surface area contributed by atoms with E-state index in [4.69, 9.17) is 8.83 Å². The third kappa shape index (κ3) is 4.05. The molecule has 0 aliphatic rings. The Morgan fingerprint density at radius 2 is 0.643 bits per heavy atom. The molecular formula is C54H30O2. The largest absolute Gasteiger partial charge is 0.455 e. The Labute approximate surface area is 320 Å². The average molecular weight is 711 g/mol. The highest BCUT2D eigenvalue weighted by Crippen LogP contribution is 2.50. The molecule has 0 saturated carbocycles. The molecule has 56 heavy (non-hydrogen) atoms. The van der Waals surface area contributed by atoms with Crippen molar-refractivity contribution in [1.29, 1.82) is 0 Å². The summed E-state index contributed by atoms with van der Waals surface area (Å²) < 4.78 is 14.2. The van der Waals surface area contributed by atoms with Crippen LogP contribution in [0.1, 0.15) is 0 Å². The molecule has 0 saturated heterocycles. The van der Waals surface area contributed by atoms with Crippen LogP contribution in [0.5, 0.6) is 0 Å². The average Bonchev–Trinajstić information content (AvgIpc) is 3.26. The summed E-state index contributed by atoms with van der Waals surface area (Å²) in [6.07, 6.45) is 0. The van der Waals surface area contributed by atoms with Gasteiger partial charge in [-0.05, 0) is 102 Å². The van der Waals surface area contributed by atoms with E-state index in [1.807, 2.05) is 0 Å². The van der Waals surface area contributed by atoms with Crippen LogP contribution in [0.25, 0.3) is 131 Å². The third-order valence-electron chi connectivity index (χ3n) is 12.2. The quantitative estimate of drug-likeness (QED) is 0.132. The van der Waals surface area contributed by atoms with Crippen LogP contribution in [0.15, 0.2) is 191 Å². The third-order valence-corrected chi connectivity index (χ3v) is 12.2. The lowest BCUT2D eigenvalue weighted by Gasteiger charge is -2.19. The number of benzene rings is 11. The Hall–Kier alpha value is -7.42. The molecule has 0 radical (unpaired) electrons. The lowest BCUT2D eigenvalue weighted by atomic mass is 9.87. The first-order valence-corrected chi connectivity index (χ1v) is 19.2. The predicted octanol–water partition coefficient (Wildman–Crippen LogP) is 15.7. The normalized spacial score (nSPS) is 12.3. The van der Waals surface area contributed by atoms with Crippen LogP contribution >= 0.6 is 0 Å². The second-order valence-corrected chi connectivity index (χ2v) is 15.1. The SMILES string of the molecule is c1ccc2cc(-c3cc4c(oc5cccc6c5c4c4cccc5oc7c8ccccc8c(-c8ccc9ccccc9c8)cc7c6c54)c4ccccc34)ccc2c1. The first-order valence-electron chi connectivity index (χ1n) is 19.2. The minimum absolute atomic E-state index is 0.876. The molecule has 0 amide bonds. The highest BCUT2D eigenvalue weighted by molar-refractivity contribution is 6.41. The van der Waals surface area contributed by atoms with Gasteiger partial charge in [0, 0.05) is 43.1 Å². The summed E-state index contributed by atoms with van der Waals surface area (Å²) in [6, 6.07) is 65.9. The van der Waals surface area contributed by atoms with Crippen LogP contribution < -0.4 is 0 Å². The van der Waals surface area contributed by atoms with Gasteiger partial charge in [-0.3, -0.25) is 0 Å². The van der Waals surface area contributed by atoms with Crippen molar-refractivity contribution in [3.63, 3.8) is 0 Å². The van der Waals surface area contributed by atoms with E-state index < -0.39 is 0 Å². The summed E-state index contributed by atoms with van der Waals surface area (Å²) in [6.45, 7) is 0. The number of rotatable bonds is 2. The molecule has 0 bridgehead atoms. The number of fused-ring (bicyclic) bond motifs is 12. The summed E-state index contributed by atoms with van der Waals surface area (Å²) >= 11 is 0. The highest BCUT2D eigenvalue weighted by Gasteiger charge is 2.23. The minimum atomic E-state index is 0.876. The molecule has 2 aromatic heterocycles. The second kappa shape index (κ2) is 11.1. The summed E-state index contributed by atoms with van der Waals surface area (Å²) in [5.74, 6) is 0. The van der Waals surface area contributed by atoms with Crippen LogP contribution in [0.4, 0.5) is 0 Å². The van der Waals surface area contributed by atoms with Crippen molar-refractivity contribution in [2.75, 3.05) is 0 Å². The molecular weight excluding hydrogens is 681 g/mol. The molecule has 258 valence electrons. The Morgan fingerprint density at radius 3 is 1.11 bits per heavy atom. The molecule has 2 heterocycles. The maximum atomic E-state index is 7.08. The van der Waals surface area contributed by atoms with E-state index in [0.29, 0.717) is 0 Å². The van der Waals surface area contributed by atoms with Gasteiger partial charge >= 0.3 is 0 Å². The zero-order chi connectivity index (χ0) is 36.5. The van der Waals surface area contributed by atoms with E-state index >= 15 is 0 Å². The van der Waals surface area contributed by atoms with Gasteiger partial charge in [-0.15, -0.1) is 0 Å². The summed E-state index contributed by atoms with van der Waals surface area (Å²) in [7, 11) is 0. The van der Waals surface area contributed by atoms with Gasteiger partial charge in [0.2, 0.25) is 0 Å². The Bertz CT molecular complexity index is 3570. The van der Waals surface area contributed by atoms with Crippen molar-refractivity contribution >= 4 is 109 Å². The molecule has 0 fully saturated rings. The van der Waals surface area contributed by atoms with Gasteiger partial charge in [0.15, 0.2) is 0 Å². The van der Waals surface area contributed by atoms with Crippen molar-refractivity contribution in [1.82, 2.24) is 0 Å². The van der Waals surface area contributed by atoms with E-state index in [0.717, 1.165) is 65.4 Å². The number of hydrogen-bond acceptors (Lipinski definition) is 2. The zero-order valence-electron chi connectivity index (χ0n) is 30.1. The van der Waals surface area contributed by atoms with Crippen LogP contribution in [-0.4, -0.2) is 0 Å². The monoisotopic (exact) mass is 710 g/mol. The molecule has 0 unspecified atom stereocenters. The minimum Gasteiger partial charge on any atom is -0.455 e. The molecule has 0 atom stereocenters. The van der Waals surface area contributed by atoms with E-state index in [-0.39, 0.29) is 0 Å². The zero-order valence-corrected chi connectivity index (χ0v) is 30.1. The van der Waals surface area contributed by atoms with Gasteiger partial charge in [0.05, 0.1) is 0 Å². The van der Waals surface area contributed by atoms with Gasteiger partial charge in [0.1, 0.15) is 22.3 Å². The standard InChI is InChI=1S/C54H30O2/c1-3-13-33-27-35(25-23-31(33)11-1)43-29-45-49-41-19-9-22-48-52(41)50(42-20-10-21-47(51(42)49)55-53(45)39-17-7-5-15-37(39)43)46-30-44(38-16-6-8-18-40(38)54(46)56-48)36-26-24-32-12-2-4-14-34(32)28-36/h1-30H. The lowest BCUT2D eigenvalue weighted by molar-refractivity contribution is 0.665. The second-order valence-electron chi connectivity index (χ2n) is 15.1. The van der Waals surface area contributed by atoms with Crippen molar-refractivity contribution < 1.29 is 8.83 Å². The summed E-state index contributed by atoms with van der Waals surface area (Å²) in [4.78, 5) is 0. The fourth-order valence-electron chi connectivity index (χ4n) is 9.69. The fraction of sp³-hybridized carbons (Fsp3) is 0. The first kappa shape index (κ1) is 30.0. The molecule has 0 aliphatic heterocycles. The molecule has 11 aromatic carbocycles. The van der Waals surface area contributed by atoms with Crippen LogP contribution in [0, 0.1) is 0 Å². The maximum Gasteiger partial charge on any atom is 0.143 e. The molecule has 0 aliphatic carbocycles. The molecule has 13 rings (SSSR count). The predicted molar refractivity (Wildman–Crippen MR) is 237 cm³/mol. The smallest absolute Gasteiger partial charge is 0.143 e. The van der Waals surface area contributed by atoms with E-state index in [1.54, 1.807) is 0 Å². The van der Waals surface area contributed by atoms with Gasteiger partial charge in [-0.1, -0.05) is 146 Å². The van der Waals surface area contributed by atoms with Crippen molar-refractivity contribution in [3.8, 4) is 22.3 Å². The topological polar surface area (TPSA) is 26.3 Å². The van der Waals surface area contributed by atoms with E-state index in [1.165, 1.54) is 65.3 Å². The highest BCUT2D eigenvalue weighted by atomic mass is 16.3. The van der Waals surface area contributed by atoms with Crippen LogP contribution in [-0.2, 0) is 0 Å². The van der Waals surface area contributed by atoms with E-state index in [9.17, 15) is 0 Å². The van der Waals surface area contributed by atoms with Crippen LogP contribution in [0.2, 0.25) is 0 Å².